The minimum absolute atomic E-state index is 0.146. The lowest BCUT2D eigenvalue weighted by Crippen LogP contribution is -2.41. The number of allylic oxidation sites excluding steroid dienone is 1. The highest BCUT2D eigenvalue weighted by Gasteiger charge is 2.45. The largest absolute Gasteiger partial charge is 0.489 e. The molecule has 0 fully saturated rings. The van der Waals surface area contributed by atoms with E-state index in [1.54, 1.807) is 30.3 Å². The lowest BCUT2D eigenvalue weighted by molar-refractivity contribution is -0.140. The number of halogens is 4. The van der Waals surface area contributed by atoms with Gasteiger partial charge in [0.2, 0.25) is 0 Å². The Morgan fingerprint density at radius 2 is 1.71 bits per heavy atom. The van der Waals surface area contributed by atoms with E-state index in [2.05, 4.69) is 4.99 Å². The van der Waals surface area contributed by atoms with E-state index in [1.807, 2.05) is 31.2 Å². The van der Waals surface area contributed by atoms with Crippen molar-refractivity contribution >= 4 is 35.0 Å². The number of esters is 1. The molecule has 0 radical (unpaired) electrons. The van der Waals surface area contributed by atoms with Crippen LogP contribution in [0.25, 0.3) is 6.08 Å². The fourth-order valence-electron chi connectivity index (χ4n) is 4.46. The smallest absolute Gasteiger partial charge is 0.434 e. The Hall–Kier alpha value is -4.15. The maximum Gasteiger partial charge on any atom is 0.434 e. The fourth-order valence-corrected chi connectivity index (χ4v) is 5.59. The lowest BCUT2D eigenvalue weighted by Gasteiger charge is -2.26. The molecule has 0 saturated heterocycles. The van der Waals surface area contributed by atoms with E-state index in [-0.39, 0.29) is 21.5 Å². The topological polar surface area (TPSA) is 69.9 Å². The van der Waals surface area contributed by atoms with Crippen molar-refractivity contribution in [3.8, 4) is 5.75 Å². The molecule has 0 amide bonds. The molecule has 0 bridgehead atoms. The Bertz CT molecular complexity index is 1830. The van der Waals surface area contributed by atoms with Crippen LogP contribution in [0.1, 0.15) is 35.2 Å². The Balaban J connectivity index is 1.56. The van der Waals surface area contributed by atoms with Crippen LogP contribution in [0.2, 0.25) is 5.02 Å². The van der Waals surface area contributed by atoms with Crippen molar-refractivity contribution in [3.05, 3.63) is 131 Å². The molecular formula is C31H24ClF3N2O4S. The molecular weight excluding hydrogens is 589 g/mol. The van der Waals surface area contributed by atoms with Crippen LogP contribution in [0.4, 0.5) is 13.2 Å². The highest BCUT2D eigenvalue weighted by atomic mass is 35.5. The molecule has 2 heterocycles. The molecule has 42 heavy (non-hydrogen) atoms. The summed E-state index contributed by atoms with van der Waals surface area (Å²) in [6.45, 7) is 3.72. The number of carbonyl (C=O) groups excluding carboxylic acids is 1. The number of ether oxygens (including phenoxy) is 2. The average Bonchev–Trinajstić information content (AvgIpc) is 3.27. The van der Waals surface area contributed by atoms with Gasteiger partial charge in [-0.25, -0.2) is 9.79 Å². The summed E-state index contributed by atoms with van der Waals surface area (Å²) in [7, 11) is 0. The van der Waals surface area contributed by atoms with Gasteiger partial charge in [-0.15, -0.1) is 0 Å². The maximum absolute atomic E-state index is 14.2. The second-order valence-electron chi connectivity index (χ2n) is 9.46. The third-order valence-corrected chi connectivity index (χ3v) is 7.72. The monoisotopic (exact) mass is 612 g/mol. The molecule has 1 atom stereocenters. The predicted octanol–water partition coefficient (Wildman–Crippen LogP) is 5.88. The molecule has 11 heteroatoms. The predicted molar refractivity (Wildman–Crippen MR) is 154 cm³/mol. The summed E-state index contributed by atoms with van der Waals surface area (Å²) in [4.78, 5) is 30.2. The van der Waals surface area contributed by atoms with Crippen LogP contribution in [0.3, 0.4) is 0 Å². The number of thiazole rings is 1. The van der Waals surface area contributed by atoms with Crippen molar-refractivity contribution in [3.63, 3.8) is 0 Å². The number of hydrogen-bond donors (Lipinski definition) is 0. The first-order valence-electron chi connectivity index (χ1n) is 12.9. The lowest BCUT2D eigenvalue weighted by atomic mass is 9.95. The highest BCUT2D eigenvalue weighted by molar-refractivity contribution is 7.07. The standard InChI is InChI=1S/C31H24ClF3N2O4S/c1-3-40-29(39)25-26(21-10-12-22(32)13-11-21)37-28(38)24(42-30(37)36-27(25)31(33,34)35)16-19-8-14-23(15-9-19)41-17-20-6-4-18(2)5-7-20/h4-16,26H,3,17H2,1-2H3/b24-16-/t26-/m0/s1. The van der Waals surface area contributed by atoms with Gasteiger partial charge < -0.3 is 9.47 Å². The molecule has 0 N–H and O–H groups in total. The van der Waals surface area contributed by atoms with E-state index >= 15 is 0 Å². The minimum Gasteiger partial charge on any atom is -0.489 e. The Morgan fingerprint density at radius 3 is 2.33 bits per heavy atom. The second kappa shape index (κ2) is 12.0. The molecule has 0 unspecified atom stereocenters. The summed E-state index contributed by atoms with van der Waals surface area (Å²) in [5.74, 6) is -0.588. The molecule has 0 aliphatic carbocycles. The molecule has 0 saturated carbocycles. The second-order valence-corrected chi connectivity index (χ2v) is 10.9. The van der Waals surface area contributed by atoms with Gasteiger partial charge in [0.15, 0.2) is 10.5 Å². The molecule has 3 aromatic carbocycles. The van der Waals surface area contributed by atoms with E-state index in [0.29, 0.717) is 22.9 Å². The number of fused-ring (bicyclic) bond motifs is 1. The van der Waals surface area contributed by atoms with Crippen molar-refractivity contribution in [2.45, 2.75) is 32.7 Å². The van der Waals surface area contributed by atoms with Crippen LogP contribution in [-0.2, 0) is 16.1 Å². The number of benzene rings is 3. The number of rotatable bonds is 7. The van der Waals surface area contributed by atoms with E-state index in [9.17, 15) is 22.8 Å². The summed E-state index contributed by atoms with van der Waals surface area (Å²) >= 11 is 6.81. The maximum atomic E-state index is 14.2. The summed E-state index contributed by atoms with van der Waals surface area (Å²) in [5.41, 5.74) is 0.292. The van der Waals surface area contributed by atoms with Gasteiger partial charge in [0.05, 0.1) is 22.8 Å². The van der Waals surface area contributed by atoms with Crippen molar-refractivity contribution in [1.82, 2.24) is 4.57 Å². The van der Waals surface area contributed by atoms with Gasteiger partial charge in [0, 0.05) is 5.02 Å². The summed E-state index contributed by atoms with van der Waals surface area (Å²) in [5, 5.41) is 0.343. The number of alkyl halides is 3. The number of aryl methyl sites for hydroxylation is 1. The molecule has 6 nitrogen and oxygen atoms in total. The van der Waals surface area contributed by atoms with Crippen LogP contribution in [0, 0.1) is 6.92 Å². The van der Waals surface area contributed by atoms with E-state index in [0.717, 1.165) is 27.0 Å². The van der Waals surface area contributed by atoms with Crippen LogP contribution < -0.4 is 19.6 Å². The molecule has 1 aliphatic heterocycles. The average molecular weight is 613 g/mol. The van der Waals surface area contributed by atoms with E-state index < -0.39 is 35.0 Å². The number of carbonyl (C=O) groups is 1. The molecule has 1 aromatic heterocycles. The quantitative estimate of drug-likeness (QED) is 0.244. The Kier molecular flexibility index (Phi) is 8.38. The van der Waals surface area contributed by atoms with E-state index in [1.165, 1.54) is 31.2 Å². The van der Waals surface area contributed by atoms with Gasteiger partial charge in [0.25, 0.3) is 5.56 Å². The Morgan fingerprint density at radius 1 is 1.05 bits per heavy atom. The molecule has 5 rings (SSSR count). The zero-order valence-electron chi connectivity index (χ0n) is 22.4. The first-order valence-corrected chi connectivity index (χ1v) is 14.1. The van der Waals surface area contributed by atoms with Crippen LogP contribution in [-0.4, -0.2) is 23.3 Å². The zero-order chi connectivity index (χ0) is 30.0. The molecule has 4 aromatic rings. The normalized spacial score (nSPS) is 15.3. The summed E-state index contributed by atoms with van der Waals surface area (Å²) < 4.78 is 54.8. The SMILES string of the molecule is CCOC(=O)C1=C(C(F)(F)F)N=c2s/c(=C\c3ccc(OCc4ccc(C)cc4)cc3)c(=O)n2[C@H]1c1ccc(Cl)cc1. The van der Waals surface area contributed by atoms with Gasteiger partial charge in [0.1, 0.15) is 12.4 Å². The summed E-state index contributed by atoms with van der Waals surface area (Å²) in [6.07, 6.45) is -3.41. The highest BCUT2D eigenvalue weighted by Crippen LogP contribution is 2.38. The van der Waals surface area contributed by atoms with Gasteiger partial charge in [-0.1, -0.05) is 77.0 Å². The van der Waals surface area contributed by atoms with Gasteiger partial charge in [-0.3, -0.25) is 9.36 Å². The van der Waals surface area contributed by atoms with Gasteiger partial charge in [-0.2, -0.15) is 13.2 Å². The van der Waals surface area contributed by atoms with Crippen molar-refractivity contribution in [2.75, 3.05) is 6.61 Å². The molecule has 1 aliphatic rings. The molecule has 216 valence electrons. The van der Waals surface area contributed by atoms with Crippen molar-refractivity contribution in [2.24, 2.45) is 4.99 Å². The van der Waals surface area contributed by atoms with Crippen LogP contribution >= 0.6 is 22.9 Å². The van der Waals surface area contributed by atoms with Gasteiger partial charge >= 0.3 is 12.1 Å². The van der Waals surface area contributed by atoms with E-state index in [4.69, 9.17) is 21.1 Å². The number of aromatic nitrogens is 1. The minimum atomic E-state index is -4.98. The first kappa shape index (κ1) is 29.3. The van der Waals surface area contributed by atoms with Crippen LogP contribution in [0.15, 0.2) is 93.9 Å². The zero-order valence-corrected chi connectivity index (χ0v) is 24.0. The number of hydrogen-bond acceptors (Lipinski definition) is 6. The summed E-state index contributed by atoms with van der Waals surface area (Å²) in [6, 6.07) is 19.4. The van der Waals surface area contributed by atoms with Crippen molar-refractivity contribution < 1.29 is 27.4 Å². The fraction of sp³-hybridized carbons (Fsp3) is 0.194. The first-order chi connectivity index (χ1) is 20.0. The third kappa shape index (κ3) is 6.19. The van der Waals surface area contributed by atoms with Crippen LogP contribution in [0.5, 0.6) is 5.75 Å². The third-order valence-electron chi connectivity index (χ3n) is 6.48. The van der Waals surface area contributed by atoms with Gasteiger partial charge in [-0.05, 0) is 60.9 Å². The van der Waals surface area contributed by atoms with Crippen molar-refractivity contribution in [1.29, 1.82) is 0 Å². The number of nitrogens with zero attached hydrogens (tertiary/aromatic N) is 2. The molecule has 0 spiro atoms. The Labute approximate surface area is 247 Å².